The molecule has 3 N–H and O–H groups in total. The highest BCUT2D eigenvalue weighted by Gasteiger charge is 2.43. The molecule has 1 aliphatic heterocycles. The minimum absolute atomic E-state index is 0.00574. The van der Waals surface area contributed by atoms with E-state index >= 15 is 0 Å². The Morgan fingerprint density at radius 2 is 1.79 bits per heavy atom. The number of nitrogens with zero attached hydrogens (tertiary/aromatic N) is 2. The standard InChI is InChI=1S/C14H27N3O2/c1-5-14(6-2,12(15)16-19)13(18)17-8-10(3)7-11(4)9-17/h10-11,19H,5-9H2,1-4H3,(H2,15,16). The molecule has 5 nitrogen and oxygen atoms in total. The van der Waals surface area contributed by atoms with Gasteiger partial charge in [0.2, 0.25) is 5.91 Å². The maximum absolute atomic E-state index is 12.8. The third kappa shape index (κ3) is 3.01. The smallest absolute Gasteiger partial charge is 0.236 e. The predicted octanol–water partition coefficient (Wildman–Crippen LogP) is 2.04. The number of nitrogens with two attached hydrogens (primary N) is 1. The summed E-state index contributed by atoms with van der Waals surface area (Å²) in [6.07, 6.45) is 2.26. The first-order valence-corrected chi connectivity index (χ1v) is 7.18. The van der Waals surface area contributed by atoms with Crippen molar-refractivity contribution in [1.29, 1.82) is 0 Å². The van der Waals surface area contributed by atoms with E-state index in [1.807, 2.05) is 18.7 Å². The quantitative estimate of drug-likeness (QED) is 0.355. The molecule has 0 aliphatic carbocycles. The van der Waals surface area contributed by atoms with Crippen LogP contribution >= 0.6 is 0 Å². The van der Waals surface area contributed by atoms with Crippen molar-refractivity contribution in [1.82, 2.24) is 4.90 Å². The summed E-state index contributed by atoms with van der Waals surface area (Å²) in [5.41, 5.74) is 4.95. The third-order valence-corrected chi connectivity index (χ3v) is 4.37. The van der Waals surface area contributed by atoms with Crippen LogP contribution in [0.1, 0.15) is 47.0 Å². The second-order valence-electron chi connectivity index (χ2n) is 5.93. The number of amides is 1. The molecule has 0 aromatic carbocycles. The van der Waals surface area contributed by atoms with Gasteiger partial charge in [-0.1, -0.05) is 32.9 Å². The normalized spacial score (nSPS) is 25.5. The molecule has 0 aromatic rings. The molecule has 1 saturated heterocycles. The fourth-order valence-corrected chi connectivity index (χ4v) is 3.25. The monoisotopic (exact) mass is 269 g/mol. The van der Waals surface area contributed by atoms with E-state index in [-0.39, 0.29) is 11.7 Å². The number of carbonyl (C=O) groups excluding carboxylic acids is 1. The summed E-state index contributed by atoms with van der Waals surface area (Å²) in [6, 6.07) is 0. The minimum Gasteiger partial charge on any atom is -0.409 e. The molecule has 1 fully saturated rings. The first-order chi connectivity index (χ1) is 8.91. The topological polar surface area (TPSA) is 78.9 Å². The van der Waals surface area contributed by atoms with Gasteiger partial charge in [-0.3, -0.25) is 4.79 Å². The number of carbonyl (C=O) groups is 1. The average Bonchev–Trinajstić information content (AvgIpc) is 2.39. The van der Waals surface area contributed by atoms with Gasteiger partial charge in [-0.15, -0.1) is 0 Å². The van der Waals surface area contributed by atoms with Crippen LogP contribution in [0.3, 0.4) is 0 Å². The molecule has 1 aliphatic rings. The second-order valence-corrected chi connectivity index (χ2v) is 5.93. The molecule has 1 rings (SSSR count). The summed E-state index contributed by atoms with van der Waals surface area (Å²) >= 11 is 0. The van der Waals surface area contributed by atoms with E-state index < -0.39 is 5.41 Å². The lowest BCUT2D eigenvalue weighted by Crippen LogP contribution is -2.54. The van der Waals surface area contributed by atoms with Crippen molar-refractivity contribution < 1.29 is 10.0 Å². The van der Waals surface area contributed by atoms with E-state index in [1.165, 1.54) is 0 Å². The Labute approximate surface area is 115 Å². The van der Waals surface area contributed by atoms with Crippen LogP contribution in [0.15, 0.2) is 5.16 Å². The number of likely N-dealkylation sites (tertiary alicyclic amines) is 1. The maximum atomic E-state index is 12.8. The van der Waals surface area contributed by atoms with Crippen LogP contribution in [-0.2, 0) is 4.79 Å². The molecule has 5 heteroatoms. The molecule has 19 heavy (non-hydrogen) atoms. The number of rotatable bonds is 4. The van der Waals surface area contributed by atoms with Gasteiger partial charge in [-0.25, -0.2) is 0 Å². The number of piperidine rings is 1. The summed E-state index contributed by atoms with van der Waals surface area (Å²) in [6.45, 7) is 9.69. The van der Waals surface area contributed by atoms with Gasteiger partial charge in [-0.05, 0) is 31.1 Å². The van der Waals surface area contributed by atoms with Crippen molar-refractivity contribution in [3.63, 3.8) is 0 Å². The molecule has 2 unspecified atom stereocenters. The van der Waals surface area contributed by atoms with Gasteiger partial charge in [0.15, 0.2) is 5.84 Å². The first-order valence-electron chi connectivity index (χ1n) is 7.18. The molecule has 1 heterocycles. The molecule has 1 amide bonds. The Bertz CT molecular complexity index is 341. The molecular weight excluding hydrogens is 242 g/mol. The van der Waals surface area contributed by atoms with Gasteiger partial charge in [0.25, 0.3) is 0 Å². The Morgan fingerprint density at radius 3 is 2.16 bits per heavy atom. The van der Waals surface area contributed by atoms with Crippen LogP contribution in [0.25, 0.3) is 0 Å². The predicted molar refractivity (Wildman–Crippen MR) is 75.9 cm³/mol. The summed E-state index contributed by atoms with van der Waals surface area (Å²) in [7, 11) is 0. The van der Waals surface area contributed by atoms with Crippen molar-refractivity contribution in [2.45, 2.75) is 47.0 Å². The zero-order valence-corrected chi connectivity index (χ0v) is 12.5. The number of hydrogen-bond donors (Lipinski definition) is 2. The second kappa shape index (κ2) is 6.26. The summed E-state index contributed by atoms with van der Waals surface area (Å²) in [4.78, 5) is 14.7. The van der Waals surface area contributed by atoms with Crippen LogP contribution < -0.4 is 5.73 Å². The van der Waals surface area contributed by atoms with E-state index in [1.54, 1.807) is 0 Å². The largest absolute Gasteiger partial charge is 0.409 e. The lowest BCUT2D eigenvalue weighted by molar-refractivity contribution is -0.141. The Kier molecular flexibility index (Phi) is 5.20. The number of amidine groups is 1. The van der Waals surface area contributed by atoms with Crippen molar-refractivity contribution in [2.75, 3.05) is 13.1 Å². The number of hydrogen-bond acceptors (Lipinski definition) is 3. The molecule has 0 radical (unpaired) electrons. The first kappa shape index (κ1) is 15.8. The highest BCUT2D eigenvalue weighted by molar-refractivity contribution is 6.06. The zero-order chi connectivity index (χ0) is 14.6. The SMILES string of the molecule is CCC(CC)(C(=O)N1CC(C)CC(C)C1)C(N)=NO. The van der Waals surface area contributed by atoms with Crippen molar-refractivity contribution in [2.24, 2.45) is 28.1 Å². The van der Waals surface area contributed by atoms with Crippen LogP contribution in [0.2, 0.25) is 0 Å². The van der Waals surface area contributed by atoms with Crippen LogP contribution in [-0.4, -0.2) is 34.9 Å². The van der Waals surface area contributed by atoms with E-state index in [4.69, 9.17) is 10.9 Å². The van der Waals surface area contributed by atoms with Crippen molar-refractivity contribution in [3.8, 4) is 0 Å². The lowest BCUT2D eigenvalue weighted by Gasteiger charge is -2.40. The lowest BCUT2D eigenvalue weighted by atomic mass is 9.78. The van der Waals surface area contributed by atoms with Gasteiger partial charge >= 0.3 is 0 Å². The summed E-state index contributed by atoms with van der Waals surface area (Å²) in [5.74, 6) is 1.05. The highest BCUT2D eigenvalue weighted by Crippen LogP contribution is 2.32. The Hall–Kier alpha value is -1.26. The van der Waals surface area contributed by atoms with E-state index in [2.05, 4.69) is 19.0 Å². The van der Waals surface area contributed by atoms with Crippen LogP contribution in [0.5, 0.6) is 0 Å². The fourth-order valence-electron chi connectivity index (χ4n) is 3.25. The third-order valence-electron chi connectivity index (χ3n) is 4.37. The maximum Gasteiger partial charge on any atom is 0.236 e. The van der Waals surface area contributed by atoms with Crippen molar-refractivity contribution >= 4 is 11.7 Å². The summed E-state index contributed by atoms with van der Waals surface area (Å²) in [5, 5.41) is 12.1. The molecule has 0 saturated carbocycles. The molecule has 0 bridgehead atoms. The zero-order valence-electron chi connectivity index (χ0n) is 12.5. The van der Waals surface area contributed by atoms with E-state index in [0.29, 0.717) is 24.7 Å². The molecule has 0 spiro atoms. The van der Waals surface area contributed by atoms with Gasteiger partial charge in [0.1, 0.15) is 5.41 Å². The highest BCUT2D eigenvalue weighted by atomic mass is 16.4. The Balaban J connectivity index is 3.00. The molecule has 0 aromatic heterocycles. The fraction of sp³-hybridized carbons (Fsp3) is 0.857. The van der Waals surface area contributed by atoms with E-state index in [9.17, 15) is 4.79 Å². The molecule has 110 valence electrons. The minimum atomic E-state index is -0.856. The van der Waals surface area contributed by atoms with Crippen LogP contribution in [0.4, 0.5) is 0 Å². The molecular formula is C14H27N3O2. The van der Waals surface area contributed by atoms with Crippen LogP contribution in [0, 0.1) is 17.3 Å². The van der Waals surface area contributed by atoms with E-state index in [0.717, 1.165) is 19.5 Å². The number of oxime groups is 1. The van der Waals surface area contributed by atoms with Gasteiger partial charge in [-0.2, -0.15) is 0 Å². The summed E-state index contributed by atoms with van der Waals surface area (Å²) < 4.78 is 0. The Morgan fingerprint density at radius 1 is 1.32 bits per heavy atom. The molecule has 2 atom stereocenters. The van der Waals surface area contributed by atoms with Crippen molar-refractivity contribution in [3.05, 3.63) is 0 Å². The average molecular weight is 269 g/mol. The van der Waals surface area contributed by atoms with Gasteiger partial charge in [0.05, 0.1) is 0 Å². The van der Waals surface area contributed by atoms with Gasteiger partial charge < -0.3 is 15.8 Å². The van der Waals surface area contributed by atoms with Gasteiger partial charge in [0, 0.05) is 13.1 Å².